The van der Waals surface area contributed by atoms with Crippen LogP contribution < -0.4 is 5.73 Å². The second kappa shape index (κ2) is 3.43. The Balaban J connectivity index is 2.48. The monoisotopic (exact) mass is 255 g/mol. The van der Waals surface area contributed by atoms with Crippen LogP contribution in [0.5, 0.6) is 0 Å². The minimum Gasteiger partial charge on any atom is -0.382 e. The van der Waals surface area contributed by atoms with E-state index in [-0.39, 0.29) is 0 Å². The van der Waals surface area contributed by atoms with Gasteiger partial charge in [0.2, 0.25) is 0 Å². The summed E-state index contributed by atoms with van der Waals surface area (Å²) in [6.07, 6.45) is 3.50. The maximum Gasteiger partial charge on any atom is 0.149 e. The molecule has 0 saturated heterocycles. The van der Waals surface area contributed by atoms with Gasteiger partial charge in [0.15, 0.2) is 0 Å². The number of rotatable bonds is 1. The van der Waals surface area contributed by atoms with Crippen LogP contribution in [-0.4, -0.2) is 9.97 Å². The van der Waals surface area contributed by atoms with Gasteiger partial charge in [0.05, 0.1) is 0 Å². The average molecular weight is 256 g/mol. The number of nitrogens with two attached hydrogens (primary N) is 1. The molecule has 0 atom stereocenters. The summed E-state index contributed by atoms with van der Waals surface area (Å²) in [4.78, 5) is 8.20. The van der Waals surface area contributed by atoms with E-state index in [9.17, 15) is 0 Å². The highest BCUT2D eigenvalue weighted by Gasteiger charge is 2.06. The molecule has 0 amide bonds. The van der Waals surface area contributed by atoms with Crippen LogP contribution in [0.2, 0.25) is 0 Å². The van der Waals surface area contributed by atoms with E-state index in [1.54, 1.807) is 12.4 Å². The average Bonchev–Trinajstić information content (AvgIpc) is 2.49. The van der Waals surface area contributed by atoms with Gasteiger partial charge in [-0.3, -0.25) is 4.98 Å². The third kappa shape index (κ3) is 1.71. The fourth-order valence-corrected chi connectivity index (χ4v) is 2.18. The molecule has 13 heavy (non-hydrogen) atoms. The highest BCUT2D eigenvalue weighted by atomic mass is 79.9. The van der Waals surface area contributed by atoms with Crippen LogP contribution in [0.3, 0.4) is 0 Å². The van der Waals surface area contributed by atoms with E-state index < -0.39 is 0 Å². The Bertz CT molecular complexity index is 393. The standard InChI is InChI=1S/C8H6BrN3S/c9-6-7(10)12-8(13-6)5-2-1-3-11-4-5/h1-4H,10H2. The topological polar surface area (TPSA) is 51.8 Å². The van der Waals surface area contributed by atoms with Crippen molar-refractivity contribution in [3.63, 3.8) is 0 Å². The molecule has 5 heteroatoms. The summed E-state index contributed by atoms with van der Waals surface area (Å²) < 4.78 is 0.867. The lowest BCUT2D eigenvalue weighted by molar-refractivity contribution is 1.31. The number of halogens is 1. The van der Waals surface area contributed by atoms with Gasteiger partial charge in [0, 0.05) is 18.0 Å². The maximum absolute atomic E-state index is 5.61. The fourth-order valence-electron chi connectivity index (χ4n) is 0.926. The number of nitrogens with zero attached hydrogens (tertiary/aromatic N) is 2. The van der Waals surface area contributed by atoms with Gasteiger partial charge in [-0.15, -0.1) is 11.3 Å². The van der Waals surface area contributed by atoms with Gasteiger partial charge in [-0.25, -0.2) is 4.98 Å². The van der Waals surface area contributed by atoms with Crippen molar-refractivity contribution in [1.29, 1.82) is 0 Å². The third-order valence-corrected chi connectivity index (χ3v) is 3.32. The molecule has 0 aliphatic rings. The van der Waals surface area contributed by atoms with Crippen LogP contribution in [-0.2, 0) is 0 Å². The zero-order valence-electron chi connectivity index (χ0n) is 6.57. The van der Waals surface area contributed by atoms with Crippen molar-refractivity contribution in [2.24, 2.45) is 0 Å². The van der Waals surface area contributed by atoms with Crippen LogP contribution in [0, 0.1) is 0 Å². The van der Waals surface area contributed by atoms with E-state index in [4.69, 9.17) is 5.73 Å². The van der Waals surface area contributed by atoms with Crippen molar-refractivity contribution in [3.8, 4) is 10.6 Å². The van der Waals surface area contributed by atoms with Gasteiger partial charge >= 0.3 is 0 Å². The maximum atomic E-state index is 5.61. The first-order chi connectivity index (χ1) is 6.27. The number of nitrogen functional groups attached to an aromatic ring is 1. The summed E-state index contributed by atoms with van der Waals surface area (Å²) in [6, 6.07) is 3.83. The lowest BCUT2D eigenvalue weighted by Gasteiger charge is -1.91. The first-order valence-corrected chi connectivity index (χ1v) is 5.20. The molecule has 2 heterocycles. The highest BCUT2D eigenvalue weighted by molar-refractivity contribution is 9.11. The van der Waals surface area contributed by atoms with Gasteiger partial charge in [-0.2, -0.15) is 0 Å². The Morgan fingerprint density at radius 2 is 2.31 bits per heavy atom. The molecule has 3 nitrogen and oxygen atoms in total. The highest BCUT2D eigenvalue weighted by Crippen LogP contribution is 2.32. The largest absolute Gasteiger partial charge is 0.382 e. The molecule has 0 aromatic carbocycles. The van der Waals surface area contributed by atoms with Gasteiger partial charge in [-0.05, 0) is 28.1 Å². The number of hydrogen-bond acceptors (Lipinski definition) is 4. The number of pyridine rings is 1. The Labute approximate surface area is 87.8 Å². The van der Waals surface area contributed by atoms with E-state index in [1.165, 1.54) is 11.3 Å². The SMILES string of the molecule is Nc1nc(-c2cccnc2)sc1Br. The quantitative estimate of drug-likeness (QED) is 0.853. The molecule has 66 valence electrons. The zero-order valence-corrected chi connectivity index (χ0v) is 8.97. The molecule has 0 spiro atoms. The van der Waals surface area contributed by atoms with Crippen molar-refractivity contribution < 1.29 is 0 Å². The van der Waals surface area contributed by atoms with Crippen molar-refractivity contribution in [2.45, 2.75) is 0 Å². The lowest BCUT2D eigenvalue weighted by atomic mass is 10.3. The van der Waals surface area contributed by atoms with Crippen molar-refractivity contribution in [3.05, 3.63) is 28.3 Å². The predicted molar refractivity (Wildman–Crippen MR) is 57.5 cm³/mol. The molecule has 0 unspecified atom stereocenters. The molecule has 0 aliphatic carbocycles. The summed E-state index contributed by atoms with van der Waals surface area (Å²) >= 11 is 4.83. The molecule has 2 rings (SSSR count). The predicted octanol–water partition coefficient (Wildman–Crippen LogP) is 2.55. The molecule has 0 aliphatic heterocycles. The molecule has 2 aromatic rings. The number of aromatic nitrogens is 2. The van der Waals surface area contributed by atoms with Gasteiger partial charge in [-0.1, -0.05) is 0 Å². The van der Waals surface area contributed by atoms with Gasteiger partial charge in [0.25, 0.3) is 0 Å². The van der Waals surface area contributed by atoms with Crippen molar-refractivity contribution in [2.75, 3.05) is 5.73 Å². The second-order valence-electron chi connectivity index (χ2n) is 2.42. The molecule has 0 radical (unpaired) electrons. The number of thiazole rings is 1. The smallest absolute Gasteiger partial charge is 0.149 e. The summed E-state index contributed by atoms with van der Waals surface area (Å²) in [5.41, 5.74) is 6.60. The van der Waals surface area contributed by atoms with E-state index in [1.807, 2.05) is 12.1 Å². The summed E-state index contributed by atoms with van der Waals surface area (Å²) in [5.74, 6) is 0.531. The molecule has 2 aromatic heterocycles. The molecule has 0 saturated carbocycles. The van der Waals surface area contributed by atoms with Gasteiger partial charge in [0.1, 0.15) is 14.6 Å². The third-order valence-electron chi connectivity index (χ3n) is 1.52. The second-order valence-corrected chi connectivity index (χ2v) is 4.74. The van der Waals surface area contributed by atoms with Crippen LogP contribution in [0.25, 0.3) is 10.6 Å². The van der Waals surface area contributed by atoms with E-state index in [0.717, 1.165) is 14.4 Å². The Morgan fingerprint density at radius 3 is 2.85 bits per heavy atom. The molecule has 0 fully saturated rings. The van der Waals surface area contributed by atoms with Crippen LogP contribution in [0.4, 0.5) is 5.82 Å². The Kier molecular flexibility index (Phi) is 2.28. The fraction of sp³-hybridized carbons (Fsp3) is 0. The van der Waals surface area contributed by atoms with Crippen molar-refractivity contribution >= 4 is 33.1 Å². The first kappa shape index (κ1) is 8.65. The van der Waals surface area contributed by atoms with Gasteiger partial charge < -0.3 is 5.73 Å². The lowest BCUT2D eigenvalue weighted by Crippen LogP contribution is -1.84. The van der Waals surface area contributed by atoms with E-state index in [2.05, 4.69) is 25.9 Å². The number of hydrogen-bond donors (Lipinski definition) is 1. The number of anilines is 1. The first-order valence-electron chi connectivity index (χ1n) is 3.59. The minimum atomic E-state index is 0.531. The summed E-state index contributed by atoms with van der Waals surface area (Å²) in [5, 5.41) is 0.887. The van der Waals surface area contributed by atoms with Crippen LogP contribution in [0.15, 0.2) is 28.3 Å². The normalized spacial score (nSPS) is 10.2. The van der Waals surface area contributed by atoms with Crippen LogP contribution in [0.1, 0.15) is 0 Å². The van der Waals surface area contributed by atoms with E-state index >= 15 is 0 Å². The van der Waals surface area contributed by atoms with E-state index in [0.29, 0.717) is 5.82 Å². The molecule has 0 bridgehead atoms. The molecular weight excluding hydrogens is 250 g/mol. The molecule has 2 N–H and O–H groups in total. The Hall–Kier alpha value is -0.940. The summed E-state index contributed by atoms with van der Waals surface area (Å²) in [7, 11) is 0. The summed E-state index contributed by atoms with van der Waals surface area (Å²) in [6.45, 7) is 0. The van der Waals surface area contributed by atoms with Crippen LogP contribution >= 0.6 is 27.3 Å². The molecular formula is C8H6BrN3S. The Morgan fingerprint density at radius 1 is 1.46 bits per heavy atom. The zero-order chi connectivity index (χ0) is 9.26. The minimum absolute atomic E-state index is 0.531. The van der Waals surface area contributed by atoms with Crippen molar-refractivity contribution in [1.82, 2.24) is 9.97 Å².